The predicted octanol–water partition coefficient (Wildman–Crippen LogP) is 3.19. The van der Waals surface area contributed by atoms with Gasteiger partial charge in [0.05, 0.1) is 6.61 Å². The van der Waals surface area contributed by atoms with Crippen LogP contribution in [0.1, 0.15) is 31.2 Å². The zero-order valence-electron chi connectivity index (χ0n) is 9.33. The van der Waals surface area contributed by atoms with Gasteiger partial charge in [0.1, 0.15) is 0 Å². The molecule has 82 valence electrons. The molecule has 1 aliphatic rings. The van der Waals surface area contributed by atoms with Crippen LogP contribution in [-0.4, -0.2) is 13.2 Å². The first kappa shape index (κ1) is 10.5. The normalized spacial score (nSPS) is 16.9. The summed E-state index contributed by atoms with van der Waals surface area (Å²) in [4.78, 5) is 0. The van der Waals surface area contributed by atoms with Crippen LogP contribution in [0.25, 0.3) is 0 Å². The summed E-state index contributed by atoms with van der Waals surface area (Å²) in [6.45, 7) is 0.690. The number of nitrogens with one attached hydrogen (secondary N) is 1. The van der Waals surface area contributed by atoms with Crippen molar-refractivity contribution in [3.05, 3.63) is 29.8 Å². The lowest BCUT2D eigenvalue weighted by Gasteiger charge is -2.16. The Balaban J connectivity index is 2.05. The van der Waals surface area contributed by atoms with Crippen LogP contribution in [0.3, 0.4) is 0 Å². The van der Waals surface area contributed by atoms with Crippen molar-refractivity contribution in [1.29, 1.82) is 0 Å². The fourth-order valence-corrected chi connectivity index (χ4v) is 2.23. The highest BCUT2D eigenvalue weighted by Crippen LogP contribution is 2.24. The molecule has 1 N–H and O–H groups in total. The lowest BCUT2D eigenvalue weighted by Crippen LogP contribution is -2.15. The van der Waals surface area contributed by atoms with Gasteiger partial charge < -0.3 is 10.1 Å². The van der Waals surface area contributed by atoms with E-state index in [4.69, 9.17) is 4.74 Å². The predicted molar refractivity (Wildman–Crippen MR) is 63.0 cm³/mol. The summed E-state index contributed by atoms with van der Waals surface area (Å²) in [6, 6.07) is 9.08. The quantitative estimate of drug-likeness (QED) is 0.815. The molecule has 1 aromatic carbocycles. The largest absolute Gasteiger partial charge is 0.382 e. The smallest absolute Gasteiger partial charge is 0.0733 e. The van der Waals surface area contributed by atoms with Gasteiger partial charge in [0.25, 0.3) is 0 Å². The van der Waals surface area contributed by atoms with Crippen LogP contribution in [0.15, 0.2) is 24.3 Å². The molecule has 0 aliphatic heterocycles. The maximum atomic E-state index is 5.19. The first-order valence-electron chi connectivity index (χ1n) is 5.73. The second-order valence-corrected chi connectivity index (χ2v) is 4.22. The molecule has 2 rings (SSSR count). The van der Waals surface area contributed by atoms with E-state index < -0.39 is 0 Å². The lowest BCUT2D eigenvalue weighted by molar-refractivity contribution is 0.185. The Labute approximate surface area is 91.6 Å². The molecule has 1 aromatic rings. The number of para-hydroxylation sites is 1. The van der Waals surface area contributed by atoms with Crippen molar-refractivity contribution >= 4 is 5.69 Å². The SMILES string of the molecule is COCc1ccccc1NC1CCCC1. The molecule has 0 heterocycles. The second kappa shape index (κ2) is 5.17. The molecular weight excluding hydrogens is 186 g/mol. The van der Waals surface area contributed by atoms with Crippen LogP contribution in [0.2, 0.25) is 0 Å². The van der Waals surface area contributed by atoms with E-state index in [1.807, 2.05) is 0 Å². The van der Waals surface area contributed by atoms with Crippen molar-refractivity contribution in [2.45, 2.75) is 38.3 Å². The van der Waals surface area contributed by atoms with Crippen molar-refractivity contribution in [1.82, 2.24) is 0 Å². The summed E-state index contributed by atoms with van der Waals surface area (Å²) in [6.07, 6.45) is 5.34. The average Bonchev–Trinajstić information content (AvgIpc) is 2.74. The zero-order valence-corrected chi connectivity index (χ0v) is 9.33. The van der Waals surface area contributed by atoms with Crippen LogP contribution in [0.4, 0.5) is 5.69 Å². The van der Waals surface area contributed by atoms with Crippen LogP contribution in [0, 0.1) is 0 Å². The van der Waals surface area contributed by atoms with Crippen molar-refractivity contribution in [2.75, 3.05) is 12.4 Å². The van der Waals surface area contributed by atoms with Crippen molar-refractivity contribution < 1.29 is 4.74 Å². The van der Waals surface area contributed by atoms with E-state index in [0.717, 1.165) is 0 Å². The third kappa shape index (κ3) is 2.72. The summed E-state index contributed by atoms with van der Waals surface area (Å²) in [5.74, 6) is 0. The van der Waals surface area contributed by atoms with Gasteiger partial charge in [0, 0.05) is 24.4 Å². The molecule has 15 heavy (non-hydrogen) atoms. The maximum Gasteiger partial charge on any atom is 0.0733 e. The number of benzene rings is 1. The molecule has 1 aliphatic carbocycles. The molecule has 0 bridgehead atoms. The Hall–Kier alpha value is -1.02. The van der Waals surface area contributed by atoms with Crippen LogP contribution < -0.4 is 5.32 Å². The maximum absolute atomic E-state index is 5.19. The number of hydrogen-bond acceptors (Lipinski definition) is 2. The Bertz CT molecular complexity index is 305. The van der Waals surface area contributed by atoms with Crippen molar-refractivity contribution in [3.63, 3.8) is 0 Å². The van der Waals surface area contributed by atoms with Gasteiger partial charge in [-0.15, -0.1) is 0 Å². The van der Waals surface area contributed by atoms with Gasteiger partial charge in [-0.1, -0.05) is 31.0 Å². The van der Waals surface area contributed by atoms with E-state index in [-0.39, 0.29) is 0 Å². The molecule has 0 radical (unpaired) electrons. The Morgan fingerprint density at radius 3 is 2.73 bits per heavy atom. The first-order valence-corrected chi connectivity index (χ1v) is 5.73. The third-order valence-corrected chi connectivity index (χ3v) is 3.03. The molecule has 2 nitrogen and oxygen atoms in total. The number of anilines is 1. The van der Waals surface area contributed by atoms with Gasteiger partial charge >= 0.3 is 0 Å². The molecule has 0 atom stereocenters. The van der Waals surface area contributed by atoms with E-state index >= 15 is 0 Å². The summed E-state index contributed by atoms with van der Waals surface area (Å²) < 4.78 is 5.19. The van der Waals surface area contributed by atoms with E-state index in [0.29, 0.717) is 12.6 Å². The van der Waals surface area contributed by atoms with Gasteiger partial charge in [0.2, 0.25) is 0 Å². The van der Waals surface area contributed by atoms with Gasteiger partial charge in [0.15, 0.2) is 0 Å². The minimum Gasteiger partial charge on any atom is -0.382 e. The topological polar surface area (TPSA) is 21.3 Å². The first-order chi connectivity index (χ1) is 7.40. The highest BCUT2D eigenvalue weighted by atomic mass is 16.5. The molecule has 0 amide bonds. The van der Waals surface area contributed by atoms with Gasteiger partial charge in [-0.3, -0.25) is 0 Å². The van der Waals surface area contributed by atoms with Crippen molar-refractivity contribution in [3.8, 4) is 0 Å². The molecule has 2 heteroatoms. The minimum atomic E-state index is 0.669. The molecular formula is C13H19NO. The van der Waals surface area contributed by atoms with E-state index in [9.17, 15) is 0 Å². The van der Waals surface area contributed by atoms with E-state index in [1.54, 1.807) is 7.11 Å². The monoisotopic (exact) mass is 205 g/mol. The standard InChI is InChI=1S/C13H19NO/c1-15-10-11-6-2-5-9-13(11)14-12-7-3-4-8-12/h2,5-6,9,12,14H,3-4,7-8,10H2,1H3. The summed E-state index contributed by atoms with van der Waals surface area (Å²) in [5.41, 5.74) is 2.50. The van der Waals surface area contributed by atoms with Crippen LogP contribution >= 0.6 is 0 Å². The van der Waals surface area contributed by atoms with E-state index in [1.165, 1.54) is 36.9 Å². The number of ether oxygens (including phenoxy) is 1. The summed E-state index contributed by atoms with van der Waals surface area (Å²) in [7, 11) is 1.74. The second-order valence-electron chi connectivity index (χ2n) is 4.22. The van der Waals surface area contributed by atoms with Crippen molar-refractivity contribution in [2.24, 2.45) is 0 Å². The fraction of sp³-hybridized carbons (Fsp3) is 0.538. The summed E-state index contributed by atoms with van der Waals surface area (Å²) >= 11 is 0. The highest BCUT2D eigenvalue weighted by Gasteiger charge is 2.15. The number of methoxy groups -OCH3 is 1. The Morgan fingerprint density at radius 2 is 2.00 bits per heavy atom. The lowest BCUT2D eigenvalue weighted by atomic mass is 10.1. The molecule has 0 spiro atoms. The third-order valence-electron chi connectivity index (χ3n) is 3.03. The zero-order chi connectivity index (χ0) is 10.5. The number of rotatable bonds is 4. The molecule has 0 saturated heterocycles. The minimum absolute atomic E-state index is 0.669. The fourth-order valence-electron chi connectivity index (χ4n) is 2.23. The molecule has 1 fully saturated rings. The summed E-state index contributed by atoms with van der Waals surface area (Å²) in [5, 5.41) is 3.61. The van der Waals surface area contributed by atoms with Crippen LogP contribution in [0.5, 0.6) is 0 Å². The molecule has 1 saturated carbocycles. The molecule has 0 aromatic heterocycles. The number of hydrogen-bond donors (Lipinski definition) is 1. The highest BCUT2D eigenvalue weighted by molar-refractivity contribution is 5.51. The van der Waals surface area contributed by atoms with Gasteiger partial charge in [-0.25, -0.2) is 0 Å². The van der Waals surface area contributed by atoms with Gasteiger partial charge in [-0.2, -0.15) is 0 Å². The van der Waals surface area contributed by atoms with E-state index in [2.05, 4.69) is 29.6 Å². The van der Waals surface area contributed by atoms with Gasteiger partial charge in [-0.05, 0) is 18.9 Å². The average molecular weight is 205 g/mol. The molecule has 0 unspecified atom stereocenters. The Morgan fingerprint density at radius 1 is 1.27 bits per heavy atom. The van der Waals surface area contributed by atoms with Crippen LogP contribution in [-0.2, 0) is 11.3 Å². The Kier molecular flexibility index (Phi) is 3.62.